The topological polar surface area (TPSA) is 83.3 Å². The van der Waals surface area contributed by atoms with Crippen molar-refractivity contribution in [2.75, 3.05) is 0 Å². The van der Waals surface area contributed by atoms with E-state index in [1.54, 1.807) is 4.52 Å². The summed E-state index contributed by atoms with van der Waals surface area (Å²) in [4.78, 5) is 10.8. The largest absolute Gasteiger partial charge is 0.481 e. The molecular formula is C10H8N4O2. The van der Waals surface area contributed by atoms with E-state index in [1.807, 2.05) is 24.3 Å². The minimum atomic E-state index is -0.874. The molecule has 0 spiro atoms. The van der Waals surface area contributed by atoms with Gasteiger partial charge >= 0.3 is 5.97 Å². The van der Waals surface area contributed by atoms with Gasteiger partial charge in [-0.1, -0.05) is 23.4 Å². The number of carboxylic acid groups (broad SMARTS) is 1. The molecule has 0 unspecified atom stereocenters. The zero-order valence-electron chi connectivity index (χ0n) is 8.21. The second-order valence-corrected chi connectivity index (χ2v) is 3.53. The normalized spacial score (nSPS) is 11.2. The summed E-state index contributed by atoms with van der Waals surface area (Å²) in [5, 5.41) is 20.1. The Hall–Kier alpha value is -2.37. The molecule has 80 valence electrons. The molecule has 2 heterocycles. The number of aliphatic carboxylic acids is 1. The lowest BCUT2D eigenvalue weighted by Gasteiger charge is -1.93. The number of nitrogens with one attached hydrogen (secondary N) is 1. The standard InChI is InChI=1S/C10H8N4O2/c15-9(16)5-7-6-3-1-2-4-8(6)14-10(7)11-12-13-14/h1-4H,5H2,(H,11,13)(H,15,16). The van der Waals surface area contributed by atoms with Crippen molar-refractivity contribution in [2.24, 2.45) is 0 Å². The number of carboxylic acids is 1. The summed E-state index contributed by atoms with van der Waals surface area (Å²) in [6.45, 7) is 0. The lowest BCUT2D eigenvalue weighted by molar-refractivity contribution is -0.136. The Labute approximate surface area is 89.5 Å². The lowest BCUT2D eigenvalue weighted by Crippen LogP contribution is -1.99. The van der Waals surface area contributed by atoms with Crippen molar-refractivity contribution in [3.63, 3.8) is 0 Å². The molecule has 0 aliphatic carbocycles. The van der Waals surface area contributed by atoms with Crippen molar-refractivity contribution in [1.29, 1.82) is 0 Å². The fourth-order valence-electron chi connectivity index (χ4n) is 1.94. The van der Waals surface area contributed by atoms with Crippen LogP contribution in [0.5, 0.6) is 0 Å². The quantitative estimate of drug-likeness (QED) is 0.664. The molecule has 0 radical (unpaired) electrons. The average molecular weight is 216 g/mol. The van der Waals surface area contributed by atoms with Gasteiger partial charge in [0.1, 0.15) is 0 Å². The SMILES string of the molecule is O=C(O)Cc1c2ccccc2n2[nH]nnc12. The average Bonchev–Trinajstić information content (AvgIpc) is 2.82. The summed E-state index contributed by atoms with van der Waals surface area (Å²) >= 11 is 0. The number of carbonyl (C=O) groups is 1. The monoisotopic (exact) mass is 216 g/mol. The van der Waals surface area contributed by atoms with Crippen molar-refractivity contribution < 1.29 is 9.90 Å². The summed E-state index contributed by atoms with van der Waals surface area (Å²) in [5.41, 5.74) is 2.15. The van der Waals surface area contributed by atoms with Crippen LogP contribution in [0.2, 0.25) is 0 Å². The fourth-order valence-corrected chi connectivity index (χ4v) is 1.94. The van der Waals surface area contributed by atoms with E-state index in [2.05, 4.69) is 15.5 Å². The van der Waals surface area contributed by atoms with Gasteiger partial charge < -0.3 is 5.11 Å². The maximum atomic E-state index is 10.8. The van der Waals surface area contributed by atoms with Crippen LogP contribution in [0.15, 0.2) is 24.3 Å². The predicted octanol–water partition coefficient (Wildman–Crippen LogP) is 0.838. The van der Waals surface area contributed by atoms with Gasteiger partial charge in [0, 0.05) is 10.9 Å². The van der Waals surface area contributed by atoms with Crippen molar-refractivity contribution in [3.05, 3.63) is 29.8 Å². The summed E-state index contributed by atoms with van der Waals surface area (Å²) in [6, 6.07) is 7.55. The number of benzene rings is 1. The van der Waals surface area contributed by atoms with Crippen LogP contribution >= 0.6 is 0 Å². The number of aromatic nitrogens is 4. The molecule has 6 nitrogen and oxygen atoms in total. The number of para-hydroxylation sites is 1. The third-order valence-corrected chi connectivity index (χ3v) is 2.57. The molecule has 3 rings (SSSR count). The minimum Gasteiger partial charge on any atom is -0.481 e. The minimum absolute atomic E-state index is 0.0520. The highest BCUT2D eigenvalue weighted by Crippen LogP contribution is 2.24. The van der Waals surface area contributed by atoms with Gasteiger partial charge in [-0.2, -0.15) is 5.21 Å². The molecule has 1 aromatic carbocycles. The Morgan fingerprint density at radius 1 is 1.44 bits per heavy atom. The van der Waals surface area contributed by atoms with Crippen LogP contribution in [-0.2, 0) is 11.2 Å². The van der Waals surface area contributed by atoms with Crippen LogP contribution < -0.4 is 0 Å². The first-order valence-electron chi connectivity index (χ1n) is 4.78. The molecule has 0 bridgehead atoms. The van der Waals surface area contributed by atoms with Gasteiger partial charge in [-0.05, 0) is 6.07 Å². The van der Waals surface area contributed by atoms with Crippen LogP contribution in [0, 0.1) is 0 Å². The lowest BCUT2D eigenvalue weighted by atomic mass is 10.1. The number of hydrogen-bond donors (Lipinski definition) is 2. The highest BCUT2D eigenvalue weighted by molar-refractivity contribution is 5.93. The Morgan fingerprint density at radius 3 is 3.06 bits per heavy atom. The summed E-state index contributed by atoms with van der Waals surface area (Å²) < 4.78 is 1.69. The number of fused-ring (bicyclic) bond motifs is 3. The van der Waals surface area contributed by atoms with Crippen molar-refractivity contribution in [1.82, 2.24) is 20.0 Å². The van der Waals surface area contributed by atoms with Crippen molar-refractivity contribution >= 4 is 22.5 Å². The van der Waals surface area contributed by atoms with Gasteiger partial charge in [0.05, 0.1) is 11.9 Å². The second kappa shape index (κ2) is 3.06. The molecule has 0 amide bonds. The molecule has 0 aliphatic rings. The van der Waals surface area contributed by atoms with Gasteiger partial charge in [0.25, 0.3) is 0 Å². The predicted molar refractivity (Wildman–Crippen MR) is 56.2 cm³/mol. The first-order valence-corrected chi connectivity index (χ1v) is 4.78. The first kappa shape index (κ1) is 8.90. The van der Waals surface area contributed by atoms with E-state index in [0.717, 1.165) is 10.9 Å². The van der Waals surface area contributed by atoms with Crippen LogP contribution in [-0.4, -0.2) is 31.1 Å². The smallest absolute Gasteiger partial charge is 0.307 e. The highest BCUT2D eigenvalue weighted by Gasteiger charge is 2.16. The molecule has 2 aromatic heterocycles. The van der Waals surface area contributed by atoms with Crippen LogP contribution in [0.3, 0.4) is 0 Å². The van der Waals surface area contributed by atoms with E-state index in [9.17, 15) is 4.79 Å². The molecule has 0 atom stereocenters. The summed E-state index contributed by atoms with van der Waals surface area (Å²) in [6.07, 6.45) is -0.0520. The maximum Gasteiger partial charge on any atom is 0.307 e. The van der Waals surface area contributed by atoms with Crippen LogP contribution in [0.4, 0.5) is 0 Å². The van der Waals surface area contributed by atoms with Crippen molar-refractivity contribution in [2.45, 2.75) is 6.42 Å². The fraction of sp³-hybridized carbons (Fsp3) is 0.100. The molecule has 0 saturated heterocycles. The van der Waals surface area contributed by atoms with E-state index in [4.69, 9.17) is 5.11 Å². The Morgan fingerprint density at radius 2 is 2.25 bits per heavy atom. The zero-order chi connectivity index (χ0) is 11.1. The summed E-state index contributed by atoms with van der Waals surface area (Å²) in [7, 11) is 0. The zero-order valence-corrected chi connectivity index (χ0v) is 8.21. The van der Waals surface area contributed by atoms with E-state index in [1.165, 1.54) is 0 Å². The van der Waals surface area contributed by atoms with Gasteiger partial charge in [0.15, 0.2) is 5.65 Å². The number of aromatic amines is 1. The van der Waals surface area contributed by atoms with Gasteiger partial charge in [0.2, 0.25) is 0 Å². The third kappa shape index (κ3) is 1.10. The molecule has 0 fully saturated rings. The maximum absolute atomic E-state index is 10.8. The van der Waals surface area contributed by atoms with Gasteiger partial charge in [-0.25, -0.2) is 4.52 Å². The van der Waals surface area contributed by atoms with E-state index < -0.39 is 5.97 Å². The number of H-pyrrole nitrogens is 1. The highest BCUT2D eigenvalue weighted by atomic mass is 16.4. The second-order valence-electron chi connectivity index (χ2n) is 3.53. The molecule has 2 N–H and O–H groups in total. The Balaban J connectivity index is 2.42. The molecule has 0 saturated carbocycles. The van der Waals surface area contributed by atoms with Crippen LogP contribution in [0.1, 0.15) is 5.56 Å². The number of hydrogen-bond acceptors (Lipinski definition) is 3. The summed E-state index contributed by atoms with van der Waals surface area (Å²) in [5.74, 6) is -0.874. The molecule has 16 heavy (non-hydrogen) atoms. The third-order valence-electron chi connectivity index (χ3n) is 2.57. The molecule has 6 heteroatoms. The van der Waals surface area contributed by atoms with Gasteiger partial charge in [-0.15, -0.1) is 5.10 Å². The van der Waals surface area contributed by atoms with Crippen LogP contribution in [0.25, 0.3) is 16.6 Å². The van der Waals surface area contributed by atoms with Crippen molar-refractivity contribution in [3.8, 4) is 0 Å². The Bertz CT molecular complexity index is 682. The van der Waals surface area contributed by atoms with E-state index >= 15 is 0 Å². The molecular weight excluding hydrogens is 208 g/mol. The van der Waals surface area contributed by atoms with Gasteiger partial charge in [-0.3, -0.25) is 4.79 Å². The first-order chi connectivity index (χ1) is 7.77. The number of tetrazole rings is 1. The van der Waals surface area contributed by atoms with E-state index in [0.29, 0.717) is 11.2 Å². The number of nitrogens with zero attached hydrogens (tertiary/aromatic N) is 3. The Kier molecular flexibility index (Phi) is 1.70. The molecule has 0 aliphatic heterocycles. The number of rotatable bonds is 2. The van der Waals surface area contributed by atoms with E-state index in [-0.39, 0.29) is 6.42 Å². The molecule has 3 aromatic rings.